The van der Waals surface area contributed by atoms with E-state index in [-0.39, 0.29) is 18.0 Å². The molecule has 1 aromatic heterocycles. The molecule has 7 nitrogen and oxygen atoms in total. The van der Waals surface area contributed by atoms with Crippen LogP contribution >= 0.6 is 0 Å². The van der Waals surface area contributed by atoms with Gasteiger partial charge in [-0.3, -0.25) is 4.79 Å². The van der Waals surface area contributed by atoms with Crippen LogP contribution in [0.5, 0.6) is 0 Å². The van der Waals surface area contributed by atoms with Crippen LogP contribution in [0.4, 0.5) is 0 Å². The molecule has 0 saturated carbocycles. The Hall–Kier alpha value is -1.38. The third-order valence-electron chi connectivity index (χ3n) is 4.33. The average Bonchev–Trinajstić information content (AvgIpc) is 3.12. The van der Waals surface area contributed by atoms with Crippen LogP contribution in [0.2, 0.25) is 0 Å². The number of nitrogens with zero attached hydrogens (tertiary/aromatic N) is 2. The lowest BCUT2D eigenvalue weighted by molar-refractivity contribution is -0.132. The first-order valence-electron chi connectivity index (χ1n) is 7.54. The molecule has 8 heteroatoms. The molecule has 2 atom stereocenters. The number of carbonyl (C=O) groups excluding carboxylic acids is 1. The van der Waals surface area contributed by atoms with Crippen molar-refractivity contribution in [2.75, 3.05) is 20.1 Å². The summed E-state index contributed by atoms with van der Waals surface area (Å²) >= 11 is 0. The van der Waals surface area contributed by atoms with Gasteiger partial charge in [0.05, 0.1) is 12.3 Å². The Morgan fingerprint density at radius 1 is 1.36 bits per heavy atom. The number of carbonyl (C=O) groups is 1. The average molecular weight is 327 g/mol. The van der Waals surface area contributed by atoms with Crippen LogP contribution in [0, 0.1) is 0 Å². The van der Waals surface area contributed by atoms with E-state index in [0.717, 1.165) is 12.8 Å². The van der Waals surface area contributed by atoms with Crippen molar-refractivity contribution in [3.05, 3.63) is 24.2 Å². The van der Waals surface area contributed by atoms with Gasteiger partial charge < -0.3 is 9.32 Å². The second kappa shape index (κ2) is 6.02. The second-order valence-electron chi connectivity index (χ2n) is 5.92. The first kappa shape index (κ1) is 15.5. The van der Waals surface area contributed by atoms with E-state index in [0.29, 0.717) is 31.7 Å². The Labute approximate surface area is 130 Å². The Bertz CT molecular complexity index is 629. The highest BCUT2D eigenvalue weighted by molar-refractivity contribution is 7.87. The van der Waals surface area contributed by atoms with Crippen molar-refractivity contribution in [2.24, 2.45) is 0 Å². The zero-order chi connectivity index (χ0) is 15.7. The molecule has 0 unspecified atom stereocenters. The van der Waals surface area contributed by atoms with Crippen molar-refractivity contribution in [1.82, 2.24) is 13.9 Å². The predicted molar refractivity (Wildman–Crippen MR) is 80.1 cm³/mol. The van der Waals surface area contributed by atoms with Gasteiger partial charge in [-0.25, -0.2) is 0 Å². The van der Waals surface area contributed by atoms with Crippen LogP contribution in [-0.4, -0.2) is 49.7 Å². The molecule has 1 amide bonds. The van der Waals surface area contributed by atoms with Gasteiger partial charge in [-0.05, 0) is 31.4 Å². The molecule has 2 fully saturated rings. The maximum absolute atomic E-state index is 12.7. The molecule has 0 aromatic carbocycles. The van der Waals surface area contributed by atoms with Crippen molar-refractivity contribution in [3.63, 3.8) is 0 Å². The van der Waals surface area contributed by atoms with Gasteiger partial charge in [-0.2, -0.15) is 17.4 Å². The smallest absolute Gasteiger partial charge is 0.280 e. The molecule has 2 aliphatic heterocycles. The molecular weight excluding hydrogens is 306 g/mol. The maximum Gasteiger partial charge on any atom is 0.280 e. The van der Waals surface area contributed by atoms with Gasteiger partial charge >= 0.3 is 0 Å². The number of amides is 1. The number of piperidine rings is 1. The third kappa shape index (κ3) is 3.04. The van der Waals surface area contributed by atoms with Crippen LogP contribution in [0.25, 0.3) is 0 Å². The summed E-state index contributed by atoms with van der Waals surface area (Å²) in [6.07, 6.45) is 4.06. The fourth-order valence-electron chi connectivity index (χ4n) is 3.18. The van der Waals surface area contributed by atoms with E-state index in [1.54, 1.807) is 24.3 Å². The Balaban J connectivity index is 1.71. The lowest BCUT2D eigenvalue weighted by Crippen LogP contribution is -2.52. The molecule has 0 spiro atoms. The van der Waals surface area contributed by atoms with Gasteiger partial charge in [0.2, 0.25) is 5.91 Å². The molecule has 2 saturated heterocycles. The van der Waals surface area contributed by atoms with E-state index in [4.69, 9.17) is 4.42 Å². The predicted octanol–water partition coefficient (Wildman–Crippen LogP) is 0.872. The standard InChI is InChI=1S/C14H21N3O4S/c1-16-10-11(6-7-14(16)18)15-22(19,20)17-8-2-4-12(17)13-5-3-9-21-13/h3,5,9,11-12,15H,2,4,6-8,10H2,1H3/t11-,12-/m0/s1. The minimum atomic E-state index is -3.59. The monoisotopic (exact) mass is 327 g/mol. The van der Waals surface area contributed by atoms with Gasteiger partial charge in [0.15, 0.2) is 0 Å². The largest absolute Gasteiger partial charge is 0.468 e. The van der Waals surface area contributed by atoms with Crippen LogP contribution in [-0.2, 0) is 15.0 Å². The zero-order valence-electron chi connectivity index (χ0n) is 12.6. The van der Waals surface area contributed by atoms with E-state index in [1.165, 1.54) is 4.31 Å². The van der Waals surface area contributed by atoms with E-state index in [1.807, 2.05) is 6.07 Å². The molecule has 122 valence electrons. The first-order chi connectivity index (χ1) is 10.5. The van der Waals surface area contributed by atoms with Crippen molar-refractivity contribution < 1.29 is 17.6 Å². The number of likely N-dealkylation sites (N-methyl/N-ethyl adjacent to an activating group) is 1. The molecule has 0 aliphatic carbocycles. The van der Waals surface area contributed by atoms with Crippen LogP contribution in [0.1, 0.15) is 37.5 Å². The van der Waals surface area contributed by atoms with Crippen molar-refractivity contribution >= 4 is 16.1 Å². The van der Waals surface area contributed by atoms with Gasteiger partial charge in [0.1, 0.15) is 5.76 Å². The lowest BCUT2D eigenvalue weighted by Gasteiger charge is -2.32. The topological polar surface area (TPSA) is 82.9 Å². The summed E-state index contributed by atoms with van der Waals surface area (Å²) in [4.78, 5) is 13.1. The minimum Gasteiger partial charge on any atom is -0.468 e. The van der Waals surface area contributed by atoms with E-state index in [2.05, 4.69) is 4.72 Å². The third-order valence-corrected chi connectivity index (χ3v) is 6.01. The SMILES string of the molecule is CN1C[C@@H](NS(=O)(=O)N2CCC[C@H]2c2ccco2)CCC1=O. The summed E-state index contributed by atoms with van der Waals surface area (Å²) in [5.41, 5.74) is 0. The Morgan fingerprint density at radius 3 is 2.86 bits per heavy atom. The normalized spacial score (nSPS) is 27.5. The molecule has 22 heavy (non-hydrogen) atoms. The number of hydrogen-bond acceptors (Lipinski definition) is 4. The molecule has 3 heterocycles. The lowest BCUT2D eigenvalue weighted by atomic mass is 10.1. The van der Waals surface area contributed by atoms with Gasteiger partial charge in [0.25, 0.3) is 10.2 Å². The number of hydrogen-bond donors (Lipinski definition) is 1. The summed E-state index contributed by atoms with van der Waals surface area (Å²) in [5.74, 6) is 0.740. The molecule has 2 aliphatic rings. The van der Waals surface area contributed by atoms with Crippen LogP contribution < -0.4 is 4.72 Å². The highest BCUT2D eigenvalue weighted by Gasteiger charge is 2.38. The van der Waals surface area contributed by atoms with Gasteiger partial charge in [-0.15, -0.1) is 0 Å². The summed E-state index contributed by atoms with van der Waals surface area (Å²) in [6, 6.07) is 3.11. The fourth-order valence-corrected chi connectivity index (χ4v) is 4.84. The Kier molecular flexibility index (Phi) is 4.24. The second-order valence-corrected chi connectivity index (χ2v) is 7.57. The molecule has 1 N–H and O–H groups in total. The minimum absolute atomic E-state index is 0.0603. The van der Waals surface area contributed by atoms with Crippen LogP contribution in [0.15, 0.2) is 22.8 Å². The number of likely N-dealkylation sites (tertiary alicyclic amines) is 1. The van der Waals surface area contributed by atoms with Gasteiger partial charge in [-0.1, -0.05) is 0 Å². The highest BCUT2D eigenvalue weighted by Crippen LogP contribution is 2.34. The van der Waals surface area contributed by atoms with Crippen LogP contribution in [0.3, 0.4) is 0 Å². The summed E-state index contributed by atoms with van der Waals surface area (Å²) in [7, 11) is -1.89. The fraction of sp³-hybridized carbons (Fsp3) is 0.643. The summed E-state index contributed by atoms with van der Waals surface area (Å²) in [5, 5.41) is 0. The summed E-state index contributed by atoms with van der Waals surface area (Å²) < 4.78 is 34.9. The molecule has 0 radical (unpaired) electrons. The quantitative estimate of drug-likeness (QED) is 0.889. The summed E-state index contributed by atoms with van der Waals surface area (Å²) in [6.45, 7) is 0.902. The molecule has 3 rings (SSSR count). The number of rotatable bonds is 4. The van der Waals surface area contributed by atoms with E-state index >= 15 is 0 Å². The molecular formula is C14H21N3O4S. The molecule has 0 bridgehead atoms. The number of nitrogens with one attached hydrogen (secondary N) is 1. The maximum atomic E-state index is 12.7. The Morgan fingerprint density at radius 2 is 2.18 bits per heavy atom. The van der Waals surface area contributed by atoms with Crippen molar-refractivity contribution in [1.29, 1.82) is 0 Å². The molecule has 1 aromatic rings. The van der Waals surface area contributed by atoms with Crippen molar-refractivity contribution in [3.8, 4) is 0 Å². The first-order valence-corrected chi connectivity index (χ1v) is 8.98. The van der Waals surface area contributed by atoms with E-state index in [9.17, 15) is 13.2 Å². The number of furan rings is 1. The van der Waals surface area contributed by atoms with Crippen molar-refractivity contribution in [2.45, 2.75) is 37.8 Å². The van der Waals surface area contributed by atoms with Gasteiger partial charge in [0, 0.05) is 32.6 Å². The highest BCUT2D eigenvalue weighted by atomic mass is 32.2. The van der Waals surface area contributed by atoms with E-state index < -0.39 is 10.2 Å². The zero-order valence-corrected chi connectivity index (χ0v) is 13.4.